The Balaban J connectivity index is 1.67. The van der Waals surface area contributed by atoms with Crippen LogP contribution in [-0.4, -0.2) is 59.7 Å². The van der Waals surface area contributed by atoms with Crippen LogP contribution in [0, 0.1) is 11.6 Å². The summed E-state index contributed by atoms with van der Waals surface area (Å²) in [7, 11) is 6.71. The van der Waals surface area contributed by atoms with E-state index in [0.717, 1.165) is 24.2 Å². The highest BCUT2D eigenvalue weighted by molar-refractivity contribution is 5.72. The molecule has 2 aromatic heterocycles. The van der Waals surface area contributed by atoms with Gasteiger partial charge in [-0.15, -0.1) is 0 Å². The van der Waals surface area contributed by atoms with Crippen LogP contribution in [0.4, 0.5) is 14.5 Å². The van der Waals surface area contributed by atoms with E-state index in [1.54, 1.807) is 0 Å². The standard InChI is InChI=1S/C23H30F2N6O2/c1-30(2)8-9-31-12-15(26)23(29-31)22-14-7-5-6-13(10-16(14)27-28-22)19-20(24)17(32-3)11-18(33-4)21(19)25/h11-13H,5-10,26H2,1-4H3,(H,27,28)/t13-/m0/s1. The van der Waals surface area contributed by atoms with E-state index in [1.165, 1.54) is 20.3 Å². The van der Waals surface area contributed by atoms with Gasteiger partial charge in [-0.2, -0.15) is 10.2 Å². The number of hydrogen-bond donors (Lipinski definition) is 2. The van der Waals surface area contributed by atoms with Crippen LogP contribution in [-0.2, 0) is 19.4 Å². The Hall–Kier alpha value is -3.14. The number of ether oxygens (including phenoxy) is 2. The number of likely N-dealkylation sites (N-methyl/N-ethyl adjacent to an activating group) is 1. The highest BCUT2D eigenvalue weighted by atomic mass is 19.1. The molecule has 4 rings (SSSR count). The quantitative estimate of drug-likeness (QED) is 0.525. The number of nitrogens with one attached hydrogen (secondary N) is 1. The highest BCUT2D eigenvalue weighted by Crippen LogP contribution is 2.41. The molecule has 1 aliphatic carbocycles. The fraction of sp³-hybridized carbons (Fsp3) is 0.478. The van der Waals surface area contributed by atoms with Gasteiger partial charge in [-0.05, 0) is 45.7 Å². The van der Waals surface area contributed by atoms with Gasteiger partial charge in [0.15, 0.2) is 23.1 Å². The summed E-state index contributed by atoms with van der Waals surface area (Å²) in [6.07, 6.45) is 4.29. The van der Waals surface area contributed by atoms with Crippen molar-refractivity contribution in [2.24, 2.45) is 0 Å². The van der Waals surface area contributed by atoms with Gasteiger partial charge in [0.1, 0.15) is 11.4 Å². The lowest BCUT2D eigenvalue weighted by molar-refractivity contribution is 0.348. The van der Waals surface area contributed by atoms with E-state index < -0.39 is 17.6 Å². The maximum absolute atomic E-state index is 15.1. The van der Waals surface area contributed by atoms with E-state index >= 15 is 8.78 Å². The van der Waals surface area contributed by atoms with E-state index in [-0.39, 0.29) is 17.1 Å². The third-order valence-corrected chi connectivity index (χ3v) is 6.19. The van der Waals surface area contributed by atoms with Crippen LogP contribution >= 0.6 is 0 Å². The summed E-state index contributed by atoms with van der Waals surface area (Å²) in [5.41, 5.74) is 9.97. The number of H-pyrrole nitrogens is 1. The van der Waals surface area contributed by atoms with Crippen LogP contribution in [0.3, 0.4) is 0 Å². The van der Waals surface area contributed by atoms with E-state index in [9.17, 15) is 0 Å². The number of benzene rings is 1. The monoisotopic (exact) mass is 460 g/mol. The Morgan fingerprint density at radius 3 is 2.52 bits per heavy atom. The van der Waals surface area contributed by atoms with Crippen LogP contribution in [0.5, 0.6) is 11.5 Å². The molecule has 2 heterocycles. The van der Waals surface area contributed by atoms with Crippen molar-refractivity contribution in [1.82, 2.24) is 24.9 Å². The number of methoxy groups -OCH3 is 2. The molecule has 1 atom stereocenters. The summed E-state index contributed by atoms with van der Waals surface area (Å²) in [6.45, 7) is 1.55. The number of nitrogens with two attached hydrogens (primary N) is 1. The molecule has 1 aromatic carbocycles. The van der Waals surface area contributed by atoms with Crippen molar-refractivity contribution in [3.8, 4) is 22.9 Å². The Kier molecular flexibility index (Phi) is 6.55. The van der Waals surface area contributed by atoms with Crippen LogP contribution in [0.15, 0.2) is 12.3 Å². The number of aromatic nitrogens is 4. The third kappa shape index (κ3) is 4.39. The van der Waals surface area contributed by atoms with Gasteiger partial charge < -0.3 is 20.1 Å². The largest absolute Gasteiger partial charge is 0.494 e. The molecule has 33 heavy (non-hydrogen) atoms. The molecule has 0 fully saturated rings. The number of fused-ring (bicyclic) bond motifs is 1. The van der Waals surface area contributed by atoms with E-state index in [4.69, 9.17) is 15.2 Å². The Labute approximate surface area is 191 Å². The molecule has 3 N–H and O–H groups in total. The summed E-state index contributed by atoms with van der Waals surface area (Å²) in [4.78, 5) is 2.07. The summed E-state index contributed by atoms with van der Waals surface area (Å²) < 4.78 is 42.3. The molecule has 8 nitrogen and oxygen atoms in total. The second-order valence-electron chi connectivity index (χ2n) is 8.64. The minimum absolute atomic E-state index is 0.0114. The summed E-state index contributed by atoms with van der Waals surface area (Å²) >= 11 is 0. The van der Waals surface area contributed by atoms with Crippen LogP contribution in [0.2, 0.25) is 0 Å². The third-order valence-electron chi connectivity index (χ3n) is 6.19. The van der Waals surface area contributed by atoms with Crippen molar-refractivity contribution in [3.63, 3.8) is 0 Å². The second kappa shape index (κ2) is 9.38. The molecule has 178 valence electrons. The Morgan fingerprint density at radius 2 is 1.88 bits per heavy atom. The van der Waals surface area contributed by atoms with Crippen molar-refractivity contribution in [3.05, 3.63) is 40.7 Å². The van der Waals surface area contributed by atoms with Crippen molar-refractivity contribution in [2.45, 2.75) is 38.1 Å². The molecule has 10 heteroatoms. The van der Waals surface area contributed by atoms with Crippen LogP contribution in [0.25, 0.3) is 11.4 Å². The molecule has 0 saturated heterocycles. The average Bonchev–Trinajstić information content (AvgIpc) is 3.28. The first-order valence-electron chi connectivity index (χ1n) is 11.0. The number of anilines is 1. The first-order chi connectivity index (χ1) is 15.8. The van der Waals surface area contributed by atoms with Crippen LogP contribution < -0.4 is 15.2 Å². The lowest BCUT2D eigenvalue weighted by atomic mass is 9.90. The maximum atomic E-state index is 15.1. The topological polar surface area (TPSA) is 94.2 Å². The lowest BCUT2D eigenvalue weighted by Gasteiger charge is -2.19. The summed E-state index contributed by atoms with van der Waals surface area (Å²) in [5.74, 6) is -1.83. The number of halogens is 2. The molecule has 0 amide bonds. The first kappa shape index (κ1) is 23.0. The molecule has 0 radical (unpaired) electrons. The smallest absolute Gasteiger partial charge is 0.171 e. The molecule has 0 saturated carbocycles. The van der Waals surface area contributed by atoms with Crippen molar-refractivity contribution in [1.29, 1.82) is 0 Å². The fourth-order valence-electron chi connectivity index (χ4n) is 4.46. The molecule has 0 spiro atoms. The Morgan fingerprint density at radius 1 is 1.18 bits per heavy atom. The molecule has 0 bridgehead atoms. The Bertz CT molecular complexity index is 1110. The van der Waals surface area contributed by atoms with Gasteiger partial charge in [-0.1, -0.05) is 0 Å². The number of aromatic amines is 1. The SMILES string of the molecule is COc1cc(OC)c(F)c([C@H]2CCCc3c(-c4nn(CCN(C)C)cc4N)n[nH]c3C2)c1F. The molecule has 3 aromatic rings. The van der Waals surface area contributed by atoms with Gasteiger partial charge >= 0.3 is 0 Å². The minimum atomic E-state index is -0.687. The van der Waals surface area contributed by atoms with Gasteiger partial charge in [0.25, 0.3) is 0 Å². The highest BCUT2D eigenvalue weighted by Gasteiger charge is 2.31. The average molecular weight is 461 g/mol. The van der Waals surface area contributed by atoms with Crippen molar-refractivity contribution < 1.29 is 18.3 Å². The van der Waals surface area contributed by atoms with Crippen molar-refractivity contribution in [2.75, 3.05) is 40.6 Å². The van der Waals surface area contributed by atoms with Gasteiger partial charge in [0, 0.05) is 35.6 Å². The normalized spacial score (nSPS) is 16.0. The zero-order valence-corrected chi connectivity index (χ0v) is 19.4. The van der Waals surface area contributed by atoms with Gasteiger partial charge in [-0.3, -0.25) is 9.78 Å². The minimum Gasteiger partial charge on any atom is -0.494 e. The number of rotatable bonds is 7. The summed E-state index contributed by atoms with van der Waals surface area (Å²) in [6, 6.07) is 1.24. The molecule has 0 aliphatic heterocycles. The zero-order valence-electron chi connectivity index (χ0n) is 19.4. The molecule has 0 unspecified atom stereocenters. The van der Waals surface area contributed by atoms with E-state index in [2.05, 4.69) is 20.2 Å². The van der Waals surface area contributed by atoms with Gasteiger partial charge in [0.05, 0.1) is 26.5 Å². The van der Waals surface area contributed by atoms with Crippen molar-refractivity contribution >= 4 is 5.69 Å². The summed E-state index contributed by atoms with van der Waals surface area (Å²) in [5, 5.41) is 12.2. The van der Waals surface area contributed by atoms with Crippen LogP contribution in [0.1, 0.15) is 35.6 Å². The second-order valence-corrected chi connectivity index (χ2v) is 8.64. The number of hydrogen-bond acceptors (Lipinski definition) is 6. The lowest BCUT2D eigenvalue weighted by Crippen LogP contribution is -2.18. The first-order valence-corrected chi connectivity index (χ1v) is 11.0. The van der Waals surface area contributed by atoms with Gasteiger partial charge in [-0.25, -0.2) is 8.78 Å². The van der Waals surface area contributed by atoms with E-state index in [1.807, 2.05) is 25.0 Å². The van der Waals surface area contributed by atoms with E-state index in [0.29, 0.717) is 42.9 Å². The fourth-order valence-corrected chi connectivity index (χ4v) is 4.46. The predicted molar refractivity (Wildman–Crippen MR) is 122 cm³/mol. The maximum Gasteiger partial charge on any atom is 0.171 e. The number of nitrogen functional groups attached to an aromatic ring is 1. The molecular formula is C23H30F2N6O2. The van der Waals surface area contributed by atoms with Gasteiger partial charge in [0.2, 0.25) is 0 Å². The zero-order chi connectivity index (χ0) is 23.7. The predicted octanol–water partition coefficient (Wildman–Crippen LogP) is 3.38. The number of nitrogens with zero attached hydrogens (tertiary/aromatic N) is 4. The molecule has 1 aliphatic rings. The molecular weight excluding hydrogens is 430 g/mol.